The minimum Gasteiger partial charge on any atom is -0.342 e. The summed E-state index contributed by atoms with van der Waals surface area (Å²) in [6.45, 7) is 1.45. The first-order valence-electron chi connectivity index (χ1n) is 3.86. The molecule has 12 heavy (non-hydrogen) atoms. The predicted octanol–water partition coefficient (Wildman–Crippen LogP) is -0.348. The normalized spacial score (nSPS) is 27.0. The lowest BCUT2D eigenvalue weighted by Gasteiger charge is -2.21. The first-order valence-corrected chi connectivity index (χ1v) is 5.68. The quantitative estimate of drug-likeness (QED) is 0.569. The van der Waals surface area contributed by atoms with Gasteiger partial charge in [-0.05, 0) is 6.42 Å². The van der Waals surface area contributed by atoms with E-state index in [1.165, 1.54) is 11.8 Å². The maximum atomic E-state index is 11.0. The zero-order valence-corrected chi connectivity index (χ0v) is 8.10. The van der Waals surface area contributed by atoms with Crippen LogP contribution >= 0.6 is 0 Å². The van der Waals surface area contributed by atoms with Gasteiger partial charge in [0, 0.05) is 20.0 Å². The van der Waals surface area contributed by atoms with Crippen molar-refractivity contribution < 1.29 is 13.2 Å². The van der Waals surface area contributed by atoms with E-state index in [4.69, 9.17) is 0 Å². The van der Waals surface area contributed by atoms with Crippen LogP contribution in [0.2, 0.25) is 0 Å². The molecule has 0 bridgehead atoms. The van der Waals surface area contributed by atoms with Crippen LogP contribution in [0.1, 0.15) is 13.3 Å². The summed E-state index contributed by atoms with van der Waals surface area (Å²) >= 11 is 0. The molecule has 1 aliphatic rings. The maximum Gasteiger partial charge on any atom is 0.219 e. The Bertz CT molecular complexity index is 283. The van der Waals surface area contributed by atoms with Crippen LogP contribution in [0, 0.1) is 0 Å². The molecule has 1 saturated heterocycles. The first kappa shape index (κ1) is 9.51. The fraction of sp³-hybridized carbons (Fsp3) is 0.857. The molecule has 1 heterocycles. The van der Waals surface area contributed by atoms with E-state index >= 15 is 0 Å². The third kappa shape index (κ3) is 1.97. The zero-order chi connectivity index (χ0) is 9.35. The average Bonchev–Trinajstić information content (AvgIpc) is 2.28. The van der Waals surface area contributed by atoms with E-state index in [9.17, 15) is 13.2 Å². The van der Waals surface area contributed by atoms with Gasteiger partial charge < -0.3 is 4.90 Å². The number of nitrogens with zero attached hydrogens (tertiary/aromatic N) is 1. The van der Waals surface area contributed by atoms with Crippen LogP contribution in [0.4, 0.5) is 0 Å². The molecule has 4 nitrogen and oxygen atoms in total. The molecule has 0 aromatic carbocycles. The van der Waals surface area contributed by atoms with Crippen molar-refractivity contribution in [2.24, 2.45) is 0 Å². The molecule has 0 radical (unpaired) electrons. The standard InChI is InChI=1S/C7H13NO3S/c1-6(9)8(2)7-3-4-12(10,11)5-7/h7H,3-5H2,1-2H3/t7-/m1/s1. The van der Waals surface area contributed by atoms with Crippen LogP contribution in [-0.4, -0.2) is 43.8 Å². The van der Waals surface area contributed by atoms with Crippen molar-refractivity contribution in [2.75, 3.05) is 18.6 Å². The zero-order valence-electron chi connectivity index (χ0n) is 7.28. The minimum absolute atomic E-state index is 0.0721. The van der Waals surface area contributed by atoms with Gasteiger partial charge >= 0.3 is 0 Å². The molecule has 1 atom stereocenters. The number of rotatable bonds is 1. The maximum absolute atomic E-state index is 11.0. The van der Waals surface area contributed by atoms with Crippen molar-refractivity contribution in [2.45, 2.75) is 19.4 Å². The Labute approximate surface area is 72.5 Å². The number of sulfone groups is 1. The molecule has 0 N–H and O–H groups in total. The molecule has 0 aromatic rings. The number of carbonyl (C=O) groups is 1. The summed E-state index contributed by atoms with van der Waals surface area (Å²) in [5, 5.41) is 0. The van der Waals surface area contributed by atoms with E-state index < -0.39 is 9.84 Å². The van der Waals surface area contributed by atoms with E-state index in [2.05, 4.69) is 0 Å². The molecule has 0 saturated carbocycles. The average molecular weight is 191 g/mol. The van der Waals surface area contributed by atoms with Crippen LogP contribution < -0.4 is 0 Å². The lowest BCUT2D eigenvalue weighted by Crippen LogP contribution is -2.36. The van der Waals surface area contributed by atoms with Crippen molar-refractivity contribution in [3.63, 3.8) is 0 Å². The number of hydrogen-bond donors (Lipinski definition) is 0. The number of carbonyl (C=O) groups excluding carboxylic acids is 1. The van der Waals surface area contributed by atoms with Crippen LogP contribution in [-0.2, 0) is 14.6 Å². The third-order valence-corrected chi connectivity index (χ3v) is 4.00. The summed E-state index contributed by atoms with van der Waals surface area (Å²) in [6, 6.07) is -0.104. The fourth-order valence-electron chi connectivity index (χ4n) is 1.34. The van der Waals surface area contributed by atoms with Crippen molar-refractivity contribution in [3.8, 4) is 0 Å². The smallest absolute Gasteiger partial charge is 0.219 e. The second-order valence-electron chi connectivity index (χ2n) is 3.19. The molecule has 0 spiro atoms. The van der Waals surface area contributed by atoms with E-state index in [0.29, 0.717) is 6.42 Å². The van der Waals surface area contributed by atoms with Gasteiger partial charge in [0.25, 0.3) is 0 Å². The molecule has 1 fully saturated rings. The van der Waals surface area contributed by atoms with Crippen molar-refractivity contribution >= 4 is 15.7 Å². The van der Waals surface area contributed by atoms with E-state index in [0.717, 1.165) is 0 Å². The number of amides is 1. The lowest BCUT2D eigenvalue weighted by molar-refractivity contribution is -0.129. The van der Waals surface area contributed by atoms with Gasteiger partial charge in [-0.1, -0.05) is 0 Å². The van der Waals surface area contributed by atoms with E-state index in [1.54, 1.807) is 7.05 Å². The Morgan fingerprint density at radius 3 is 2.42 bits per heavy atom. The van der Waals surface area contributed by atoms with Gasteiger partial charge in [-0.2, -0.15) is 0 Å². The topological polar surface area (TPSA) is 54.5 Å². The predicted molar refractivity (Wildman–Crippen MR) is 45.5 cm³/mol. The van der Waals surface area contributed by atoms with Gasteiger partial charge in [0.05, 0.1) is 11.5 Å². The fourth-order valence-corrected chi connectivity index (χ4v) is 3.11. The van der Waals surface area contributed by atoms with E-state index in [-0.39, 0.29) is 23.5 Å². The highest BCUT2D eigenvalue weighted by Crippen LogP contribution is 2.16. The van der Waals surface area contributed by atoms with Gasteiger partial charge in [0.1, 0.15) is 0 Å². The van der Waals surface area contributed by atoms with Crippen LogP contribution in [0.15, 0.2) is 0 Å². The van der Waals surface area contributed by atoms with Gasteiger partial charge in [-0.15, -0.1) is 0 Å². The highest BCUT2D eigenvalue weighted by molar-refractivity contribution is 7.91. The third-order valence-electron chi connectivity index (χ3n) is 2.25. The van der Waals surface area contributed by atoms with Gasteiger partial charge in [0.2, 0.25) is 5.91 Å². The molecule has 1 aliphatic heterocycles. The highest BCUT2D eigenvalue weighted by atomic mass is 32.2. The molecule has 0 aliphatic carbocycles. The van der Waals surface area contributed by atoms with Gasteiger partial charge in [-0.25, -0.2) is 8.42 Å². The van der Waals surface area contributed by atoms with Gasteiger partial charge in [-0.3, -0.25) is 4.79 Å². The van der Waals surface area contributed by atoms with Crippen molar-refractivity contribution in [1.82, 2.24) is 4.90 Å². The molecular formula is C7H13NO3S. The SMILES string of the molecule is CC(=O)N(C)[C@@H]1CCS(=O)(=O)C1. The van der Waals surface area contributed by atoms with Crippen molar-refractivity contribution in [3.05, 3.63) is 0 Å². The monoisotopic (exact) mass is 191 g/mol. The van der Waals surface area contributed by atoms with Crippen LogP contribution in [0.25, 0.3) is 0 Å². The van der Waals surface area contributed by atoms with Crippen LogP contribution in [0.3, 0.4) is 0 Å². The second-order valence-corrected chi connectivity index (χ2v) is 5.42. The molecular weight excluding hydrogens is 178 g/mol. The first-order chi connectivity index (χ1) is 5.42. The summed E-state index contributed by atoms with van der Waals surface area (Å²) in [5.74, 6) is 0.273. The van der Waals surface area contributed by atoms with Gasteiger partial charge in [0.15, 0.2) is 9.84 Å². The second kappa shape index (κ2) is 3.05. The Morgan fingerprint density at radius 1 is 1.50 bits per heavy atom. The summed E-state index contributed by atoms with van der Waals surface area (Å²) < 4.78 is 22.1. The Kier molecular flexibility index (Phi) is 2.41. The Hall–Kier alpha value is -0.580. The lowest BCUT2D eigenvalue weighted by atomic mass is 10.2. The molecule has 0 aromatic heterocycles. The summed E-state index contributed by atoms with van der Waals surface area (Å²) in [7, 11) is -1.22. The van der Waals surface area contributed by atoms with Crippen molar-refractivity contribution in [1.29, 1.82) is 0 Å². The van der Waals surface area contributed by atoms with E-state index in [1.807, 2.05) is 0 Å². The summed E-state index contributed by atoms with van der Waals surface area (Å²) in [4.78, 5) is 12.4. The largest absolute Gasteiger partial charge is 0.342 e. The Balaban J connectivity index is 2.64. The highest BCUT2D eigenvalue weighted by Gasteiger charge is 2.31. The van der Waals surface area contributed by atoms with Crippen LogP contribution in [0.5, 0.6) is 0 Å². The minimum atomic E-state index is -2.87. The molecule has 70 valence electrons. The molecule has 1 rings (SSSR count). The molecule has 1 amide bonds. The summed E-state index contributed by atoms with van der Waals surface area (Å²) in [6.07, 6.45) is 0.582. The molecule has 0 unspecified atom stereocenters. The number of hydrogen-bond acceptors (Lipinski definition) is 3. The Morgan fingerprint density at radius 2 is 2.08 bits per heavy atom. The molecule has 5 heteroatoms. The summed E-state index contributed by atoms with van der Waals surface area (Å²) in [5.41, 5.74) is 0.